The normalized spacial score (nSPS) is 24.0. The van der Waals surface area contributed by atoms with E-state index >= 15 is 0 Å². The number of hydrogen-bond acceptors (Lipinski definition) is 3. The van der Waals surface area contributed by atoms with Gasteiger partial charge in [-0.1, -0.05) is 32.0 Å². The zero-order chi connectivity index (χ0) is 17.3. The number of fused-ring (bicyclic) bond motifs is 1. The molecule has 5 nitrogen and oxygen atoms in total. The molecule has 2 fully saturated rings. The predicted molar refractivity (Wildman–Crippen MR) is 95.1 cm³/mol. The van der Waals surface area contributed by atoms with E-state index in [1.807, 2.05) is 43.3 Å². The molecule has 2 amide bonds. The van der Waals surface area contributed by atoms with Crippen molar-refractivity contribution in [2.24, 2.45) is 17.3 Å². The van der Waals surface area contributed by atoms with Gasteiger partial charge in [0.25, 0.3) is 0 Å². The molecule has 1 aromatic carbocycles. The van der Waals surface area contributed by atoms with Crippen LogP contribution in [0.25, 0.3) is 0 Å². The van der Waals surface area contributed by atoms with Crippen molar-refractivity contribution in [2.45, 2.75) is 20.4 Å². The minimum Gasteiger partial charge on any atom is -0.492 e. The lowest BCUT2D eigenvalue weighted by atomic mass is 10.1. The van der Waals surface area contributed by atoms with Gasteiger partial charge in [-0.05, 0) is 37.4 Å². The van der Waals surface area contributed by atoms with Crippen molar-refractivity contribution < 1.29 is 9.53 Å². The molecule has 132 valence electrons. The van der Waals surface area contributed by atoms with Gasteiger partial charge < -0.3 is 19.9 Å². The number of nitrogens with one attached hydrogen (secondary N) is 1. The first-order valence-corrected chi connectivity index (χ1v) is 8.78. The Labute approximate surface area is 145 Å². The molecule has 3 rings (SSSR count). The van der Waals surface area contributed by atoms with E-state index in [-0.39, 0.29) is 6.03 Å². The fourth-order valence-electron chi connectivity index (χ4n) is 3.71. The van der Waals surface area contributed by atoms with Crippen LogP contribution < -0.4 is 10.1 Å². The van der Waals surface area contributed by atoms with Crippen LogP contribution in [0.4, 0.5) is 4.79 Å². The molecule has 1 saturated carbocycles. The van der Waals surface area contributed by atoms with Crippen molar-refractivity contribution in [3.05, 3.63) is 29.8 Å². The Morgan fingerprint density at radius 3 is 2.62 bits per heavy atom. The van der Waals surface area contributed by atoms with Crippen molar-refractivity contribution in [1.82, 2.24) is 15.1 Å². The maximum atomic E-state index is 12.4. The Morgan fingerprint density at radius 1 is 1.29 bits per heavy atom. The van der Waals surface area contributed by atoms with E-state index in [9.17, 15) is 4.79 Å². The van der Waals surface area contributed by atoms with Crippen LogP contribution in [0.3, 0.4) is 0 Å². The van der Waals surface area contributed by atoms with E-state index in [1.54, 1.807) is 0 Å². The first kappa shape index (κ1) is 17.1. The maximum Gasteiger partial charge on any atom is 0.317 e. The number of hydrogen-bond donors (Lipinski definition) is 1. The average Bonchev–Trinajstić information content (AvgIpc) is 2.91. The van der Waals surface area contributed by atoms with Crippen LogP contribution in [-0.4, -0.2) is 56.2 Å². The van der Waals surface area contributed by atoms with Crippen molar-refractivity contribution in [2.75, 3.05) is 40.3 Å². The summed E-state index contributed by atoms with van der Waals surface area (Å²) in [5, 5.41) is 3.05. The highest BCUT2D eigenvalue weighted by atomic mass is 16.5. The molecule has 5 heteroatoms. The Hall–Kier alpha value is -1.75. The van der Waals surface area contributed by atoms with Crippen molar-refractivity contribution in [1.29, 1.82) is 0 Å². The van der Waals surface area contributed by atoms with E-state index in [0.29, 0.717) is 30.4 Å². The SMILES string of the molecule is CN(C)CCOc1ccccc1CNC(=O)N1CC2C(C1)C2(C)C. The van der Waals surface area contributed by atoms with E-state index in [4.69, 9.17) is 4.74 Å². The number of likely N-dealkylation sites (tertiary alicyclic amines) is 1. The molecule has 1 heterocycles. The summed E-state index contributed by atoms with van der Waals surface area (Å²) < 4.78 is 5.85. The van der Waals surface area contributed by atoms with Crippen molar-refractivity contribution in [3.8, 4) is 5.75 Å². The van der Waals surface area contributed by atoms with Gasteiger partial charge in [-0.2, -0.15) is 0 Å². The number of nitrogens with zero attached hydrogens (tertiary/aromatic N) is 2. The van der Waals surface area contributed by atoms with Crippen LogP contribution in [0.2, 0.25) is 0 Å². The lowest BCUT2D eigenvalue weighted by Gasteiger charge is -2.22. The molecule has 0 bridgehead atoms. The summed E-state index contributed by atoms with van der Waals surface area (Å²) in [6, 6.07) is 7.96. The van der Waals surface area contributed by atoms with Gasteiger partial charge in [-0.25, -0.2) is 4.79 Å². The fraction of sp³-hybridized carbons (Fsp3) is 0.632. The molecule has 2 unspecified atom stereocenters. The summed E-state index contributed by atoms with van der Waals surface area (Å²) in [7, 11) is 4.05. The standard InChI is InChI=1S/C19H29N3O2/c1-19(2)15-12-22(13-16(15)19)18(23)20-11-14-7-5-6-8-17(14)24-10-9-21(3)4/h5-8,15-16H,9-13H2,1-4H3,(H,20,23). The van der Waals surface area contributed by atoms with Crippen LogP contribution >= 0.6 is 0 Å². The highest BCUT2D eigenvalue weighted by Gasteiger charge is 2.62. The molecule has 1 saturated heterocycles. The third-order valence-electron chi connectivity index (χ3n) is 5.61. The maximum absolute atomic E-state index is 12.4. The zero-order valence-electron chi connectivity index (χ0n) is 15.2. The summed E-state index contributed by atoms with van der Waals surface area (Å²) in [5.74, 6) is 2.22. The molecule has 2 atom stereocenters. The Bertz CT molecular complexity index is 586. The number of benzene rings is 1. The van der Waals surface area contributed by atoms with Crippen LogP contribution in [-0.2, 0) is 6.54 Å². The minimum atomic E-state index is 0.0427. The van der Waals surface area contributed by atoms with Gasteiger partial charge in [0.2, 0.25) is 0 Å². The third-order valence-corrected chi connectivity index (χ3v) is 5.61. The van der Waals surface area contributed by atoms with Crippen LogP contribution in [0.5, 0.6) is 5.75 Å². The van der Waals surface area contributed by atoms with E-state index in [2.05, 4.69) is 24.1 Å². The number of carbonyl (C=O) groups is 1. The molecular formula is C19H29N3O2. The number of carbonyl (C=O) groups excluding carboxylic acids is 1. The molecule has 1 N–H and O–H groups in total. The number of para-hydroxylation sites is 1. The van der Waals surface area contributed by atoms with Gasteiger partial charge in [-0.3, -0.25) is 0 Å². The summed E-state index contributed by atoms with van der Waals surface area (Å²) in [6.07, 6.45) is 0. The summed E-state index contributed by atoms with van der Waals surface area (Å²) in [5.41, 5.74) is 1.46. The number of rotatable bonds is 6. The minimum absolute atomic E-state index is 0.0427. The third kappa shape index (κ3) is 3.51. The fourth-order valence-corrected chi connectivity index (χ4v) is 3.71. The highest BCUT2D eigenvalue weighted by Crippen LogP contribution is 2.61. The van der Waals surface area contributed by atoms with Crippen molar-refractivity contribution in [3.63, 3.8) is 0 Å². The van der Waals surface area contributed by atoms with Gasteiger partial charge in [0, 0.05) is 31.7 Å². The molecule has 0 radical (unpaired) electrons. The number of ether oxygens (including phenoxy) is 1. The van der Waals surface area contributed by atoms with Crippen LogP contribution in [0.15, 0.2) is 24.3 Å². The Kier molecular flexibility index (Phi) is 4.72. The second-order valence-electron chi connectivity index (χ2n) is 7.86. The number of likely N-dealkylation sites (N-methyl/N-ethyl adjacent to an activating group) is 1. The molecule has 1 aliphatic carbocycles. The van der Waals surface area contributed by atoms with Gasteiger partial charge in [-0.15, -0.1) is 0 Å². The molecule has 0 spiro atoms. The van der Waals surface area contributed by atoms with Gasteiger partial charge in [0.15, 0.2) is 0 Å². The predicted octanol–water partition coefficient (Wildman–Crippen LogP) is 2.42. The first-order chi connectivity index (χ1) is 11.4. The second kappa shape index (κ2) is 6.63. The van der Waals surface area contributed by atoms with E-state index in [0.717, 1.165) is 30.9 Å². The molecule has 0 aromatic heterocycles. The molecular weight excluding hydrogens is 302 g/mol. The molecule has 1 aromatic rings. The number of amides is 2. The monoisotopic (exact) mass is 331 g/mol. The van der Waals surface area contributed by atoms with Crippen LogP contribution in [0.1, 0.15) is 19.4 Å². The lowest BCUT2D eigenvalue weighted by Crippen LogP contribution is -2.40. The Morgan fingerprint density at radius 2 is 1.96 bits per heavy atom. The highest BCUT2D eigenvalue weighted by molar-refractivity contribution is 5.75. The lowest BCUT2D eigenvalue weighted by molar-refractivity contribution is 0.195. The number of piperidine rings is 1. The molecule has 24 heavy (non-hydrogen) atoms. The largest absolute Gasteiger partial charge is 0.492 e. The average molecular weight is 331 g/mol. The summed E-state index contributed by atoms with van der Waals surface area (Å²) in [4.78, 5) is 16.4. The first-order valence-electron chi connectivity index (χ1n) is 8.78. The zero-order valence-corrected chi connectivity index (χ0v) is 15.2. The van der Waals surface area contributed by atoms with Crippen molar-refractivity contribution >= 4 is 6.03 Å². The smallest absolute Gasteiger partial charge is 0.317 e. The Balaban J connectivity index is 1.49. The van der Waals surface area contributed by atoms with Gasteiger partial charge >= 0.3 is 6.03 Å². The van der Waals surface area contributed by atoms with E-state index in [1.165, 1.54) is 0 Å². The summed E-state index contributed by atoms with van der Waals surface area (Å²) >= 11 is 0. The van der Waals surface area contributed by atoms with Gasteiger partial charge in [0.1, 0.15) is 12.4 Å². The molecule has 2 aliphatic rings. The van der Waals surface area contributed by atoms with Crippen LogP contribution in [0, 0.1) is 17.3 Å². The summed E-state index contributed by atoms with van der Waals surface area (Å²) in [6.45, 7) is 8.41. The number of urea groups is 1. The quantitative estimate of drug-likeness (QED) is 0.871. The second-order valence-corrected chi connectivity index (χ2v) is 7.86. The molecule has 1 aliphatic heterocycles. The topological polar surface area (TPSA) is 44.8 Å². The van der Waals surface area contributed by atoms with Gasteiger partial charge in [0.05, 0.1) is 0 Å². The van der Waals surface area contributed by atoms with E-state index < -0.39 is 0 Å².